The van der Waals surface area contributed by atoms with Crippen LogP contribution in [0.5, 0.6) is 0 Å². The minimum absolute atomic E-state index is 0.0461. The number of nitrogens with one attached hydrogen (secondary N) is 2. The van der Waals surface area contributed by atoms with Gasteiger partial charge in [0.25, 0.3) is 0 Å². The zero-order valence-corrected chi connectivity index (χ0v) is 16.9. The molecule has 6 rings (SSSR count). The Morgan fingerprint density at radius 1 is 1.10 bits per heavy atom. The SMILES string of the molecule is Fc1ccc2c(c1)CCC(N1CCOCC1)C2Nc1ncnc2[nH]c(C3CC3)cc12. The van der Waals surface area contributed by atoms with Crippen LogP contribution in [0.3, 0.4) is 0 Å². The number of halogens is 1. The molecule has 2 atom stereocenters. The number of H-pyrrole nitrogens is 1. The van der Waals surface area contributed by atoms with Gasteiger partial charge in [0.05, 0.1) is 24.6 Å². The minimum atomic E-state index is -0.165. The number of rotatable bonds is 4. The van der Waals surface area contributed by atoms with Gasteiger partial charge in [-0.3, -0.25) is 4.90 Å². The maximum absolute atomic E-state index is 13.9. The normalized spacial score (nSPS) is 24.7. The van der Waals surface area contributed by atoms with E-state index in [1.807, 2.05) is 6.07 Å². The van der Waals surface area contributed by atoms with Gasteiger partial charge in [0.15, 0.2) is 0 Å². The Bertz CT molecular complexity index is 1070. The monoisotopic (exact) mass is 407 g/mol. The van der Waals surface area contributed by atoms with Crippen LogP contribution in [0.15, 0.2) is 30.6 Å². The molecule has 3 aromatic rings. The first kappa shape index (κ1) is 18.3. The molecular weight excluding hydrogens is 381 g/mol. The molecule has 7 heteroatoms. The van der Waals surface area contributed by atoms with Crippen molar-refractivity contribution >= 4 is 16.9 Å². The van der Waals surface area contributed by atoms with E-state index in [2.05, 4.69) is 31.2 Å². The van der Waals surface area contributed by atoms with Crippen molar-refractivity contribution in [1.82, 2.24) is 19.9 Å². The fourth-order valence-electron chi connectivity index (χ4n) is 5.08. The highest BCUT2D eigenvalue weighted by Gasteiger charge is 2.35. The lowest BCUT2D eigenvalue weighted by atomic mass is 9.83. The van der Waals surface area contributed by atoms with Gasteiger partial charge in [0.1, 0.15) is 23.6 Å². The molecule has 1 saturated carbocycles. The molecule has 1 saturated heterocycles. The van der Waals surface area contributed by atoms with E-state index in [0.717, 1.165) is 61.6 Å². The number of aryl methyl sites for hydroxylation is 1. The summed E-state index contributed by atoms with van der Waals surface area (Å²) in [5, 5.41) is 4.78. The predicted octanol–water partition coefficient (Wildman–Crippen LogP) is 3.77. The highest BCUT2D eigenvalue weighted by atomic mass is 19.1. The number of aromatic nitrogens is 3. The van der Waals surface area contributed by atoms with E-state index >= 15 is 0 Å². The molecule has 1 aromatic carbocycles. The Labute approximate surface area is 174 Å². The van der Waals surface area contributed by atoms with Crippen molar-refractivity contribution in [3.63, 3.8) is 0 Å². The third-order valence-electron chi connectivity index (χ3n) is 6.80. The summed E-state index contributed by atoms with van der Waals surface area (Å²) in [6, 6.07) is 7.78. The van der Waals surface area contributed by atoms with Crippen molar-refractivity contribution < 1.29 is 9.13 Å². The van der Waals surface area contributed by atoms with Crippen LogP contribution in [0.4, 0.5) is 10.2 Å². The Morgan fingerprint density at radius 3 is 2.80 bits per heavy atom. The van der Waals surface area contributed by atoms with Gasteiger partial charge in [-0.15, -0.1) is 0 Å². The molecule has 2 aliphatic carbocycles. The second-order valence-corrected chi connectivity index (χ2v) is 8.70. The van der Waals surface area contributed by atoms with Crippen LogP contribution in [0.2, 0.25) is 0 Å². The molecule has 2 N–H and O–H groups in total. The minimum Gasteiger partial charge on any atom is -0.379 e. The highest BCUT2D eigenvalue weighted by molar-refractivity contribution is 5.88. The Hall–Kier alpha value is -2.51. The number of morpholine rings is 1. The number of fused-ring (bicyclic) bond motifs is 2. The quantitative estimate of drug-likeness (QED) is 0.689. The molecular formula is C23H26FN5O. The molecule has 2 unspecified atom stereocenters. The van der Waals surface area contributed by atoms with Gasteiger partial charge in [-0.2, -0.15) is 0 Å². The van der Waals surface area contributed by atoms with Gasteiger partial charge in [0, 0.05) is 24.8 Å². The molecule has 156 valence electrons. The first-order valence-corrected chi connectivity index (χ1v) is 11.0. The lowest BCUT2D eigenvalue weighted by Gasteiger charge is -2.43. The highest BCUT2D eigenvalue weighted by Crippen LogP contribution is 2.42. The van der Waals surface area contributed by atoms with E-state index in [-0.39, 0.29) is 11.9 Å². The van der Waals surface area contributed by atoms with Crippen molar-refractivity contribution in [3.8, 4) is 0 Å². The molecule has 2 aromatic heterocycles. The second-order valence-electron chi connectivity index (χ2n) is 8.70. The maximum Gasteiger partial charge on any atom is 0.143 e. The summed E-state index contributed by atoms with van der Waals surface area (Å²) < 4.78 is 19.5. The molecule has 1 aliphatic heterocycles. The first-order valence-electron chi connectivity index (χ1n) is 11.0. The maximum atomic E-state index is 13.9. The third kappa shape index (κ3) is 3.26. The van der Waals surface area contributed by atoms with Crippen molar-refractivity contribution in [2.45, 2.75) is 43.7 Å². The fraction of sp³-hybridized carbons (Fsp3) is 0.478. The summed E-state index contributed by atoms with van der Waals surface area (Å²) in [5.74, 6) is 1.32. The van der Waals surface area contributed by atoms with E-state index in [4.69, 9.17) is 4.74 Å². The average Bonchev–Trinajstić information content (AvgIpc) is 3.53. The first-order chi connectivity index (χ1) is 14.8. The molecule has 30 heavy (non-hydrogen) atoms. The Morgan fingerprint density at radius 2 is 1.97 bits per heavy atom. The van der Waals surface area contributed by atoms with E-state index in [0.29, 0.717) is 12.0 Å². The number of aromatic amines is 1. The number of anilines is 1. The van der Waals surface area contributed by atoms with Gasteiger partial charge >= 0.3 is 0 Å². The number of hydrogen-bond donors (Lipinski definition) is 2. The molecule has 0 bridgehead atoms. The number of hydrogen-bond acceptors (Lipinski definition) is 5. The van der Waals surface area contributed by atoms with E-state index in [1.165, 1.54) is 24.1 Å². The molecule has 6 nitrogen and oxygen atoms in total. The van der Waals surface area contributed by atoms with Crippen molar-refractivity contribution in [2.75, 3.05) is 31.6 Å². The van der Waals surface area contributed by atoms with Crippen LogP contribution in [-0.4, -0.2) is 52.2 Å². The van der Waals surface area contributed by atoms with Crippen molar-refractivity contribution in [1.29, 1.82) is 0 Å². The number of ether oxygens (including phenoxy) is 1. The van der Waals surface area contributed by atoms with Gasteiger partial charge in [-0.1, -0.05) is 6.07 Å². The average molecular weight is 407 g/mol. The van der Waals surface area contributed by atoms with Crippen molar-refractivity contribution in [3.05, 3.63) is 53.2 Å². The topological polar surface area (TPSA) is 66.1 Å². The lowest BCUT2D eigenvalue weighted by molar-refractivity contribution is 0.00894. The zero-order valence-electron chi connectivity index (χ0n) is 16.9. The van der Waals surface area contributed by atoms with E-state index < -0.39 is 0 Å². The summed E-state index contributed by atoms with van der Waals surface area (Å²) >= 11 is 0. The zero-order chi connectivity index (χ0) is 20.1. The summed E-state index contributed by atoms with van der Waals surface area (Å²) in [6.45, 7) is 3.38. The van der Waals surface area contributed by atoms with Gasteiger partial charge in [0.2, 0.25) is 0 Å². The standard InChI is InChI=1S/C23H26FN5O/c24-16-4-5-17-15(11-16)3-6-20(29-7-9-30-10-8-29)21(17)28-23-18-12-19(14-1-2-14)27-22(18)25-13-26-23/h4-5,11-14,20-21H,1-3,6-10H2,(H2,25,26,27,28). The molecule has 0 radical (unpaired) electrons. The van der Waals surface area contributed by atoms with E-state index in [1.54, 1.807) is 18.5 Å². The summed E-state index contributed by atoms with van der Waals surface area (Å²) in [5.41, 5.74) is 4.40. The van der Waals surface area contributed by atoms with Crippen LogP contribution >= 0.6 is 0 Å². The lowest BCUT2D eigenvalue weighted by Crippen LogP contribution is -2.49. The van der Waals surface area contributed by atoms with Gasteiger partial charge < -0.3 is 15.0 Å². The Kier molecular flexibility index (Phi) is 4.46. The number of benzene rings is 1. The third-order valence-corrected chi connectivity index (χ3v) is 6.80. The molecule has 0 spiro atoms. The largest absolute Gasteiger partial charge is 0.379 e. The predicted molar refractivity (Wildman–Crippen MR) is 113 cm³/mol. The van der Waals surface area contributed by atoms with Crippen molar-refractivity contribution in [2.24, 2.45) is 0 Å². The van der Waals surface area contributed by atoms with Crippen LogP contribution in [-0.2, 0) is 11.2 Å². The number of nitrogens with zero attached hydrogens (tertiary/aromatic N) is 3. The van der Waals surface area contributed by atoms with E-state index in [9.17, 15) is 4.39 Å². The summed E-state index contributed by atoms with van der Waals surface area (Å²) in [4.78, 5) is 15.0. The molecule has 0 amide bonds. The molecule has 2 fully saturated rings. The van der Waals surface area contributed by atoms with Gasteiger partial charge in [-0.25, -0.2) is 14.4 Å². The second kappa shape index (κ2) is 7.32. The van der Waals surface area contributed by atoms with Crippen LogP contribution in [0.1, 0.15) is 48.0 Å². The Balaban J connectivity index is 1.39. The molecule has 3 aliphatic rings. The molecule has 3 heterocycles. The summed E-state index contributed by atoms with van der Waals surface area (Å²) in [7, 11) is 0. The van der Waals surface area contributed by atoms with Crippen LogP contribution in [0.25, 0.3) is 11.0 Å². The van der Waals surface area contributed by atoms with Gasteiger partial charge in [-0.05, 0) is 60.9 Å². The van der Waals surface area contributed by atoms with Crippen LogP contribution in [0, 0.1) is 5.82 Å². The fourth-order valence-corrected chi connectivity index (χ4v) is 5.08. The smallest absolute Gasteiger partial charge is 0.143 e. The summed E-state index contributed by atoms with van der Waals surface area (Å²) in [6.07, 6.45) is 5.98. The van der Waals surface area contributed by atoms with Crippen LogP contribution < -0.4 is 5.32 Å².